The number of aryl methyl sites for hydroxylation is 1. The maximum atomic E-state index is 12.7. The van der Waals surface area contributed by atoms with Crippen molar-refractivity contribution in [2.75, 3.05) is 14.2 Å². The first-order valence-corrected chi connectivity index (χ1v) is 9.55. The van der Waals surface area contributed by atoms with Crippen LogP contribution >= 0.6 is 11.3 Å². The van der Waals surface area contributed by atoms with Crippen molar-refractivity contribution in [1.82, 2.24) is 14.3 Å². The van der Waals surface area contributed by atoms with Crippen molar-refractivity contribution >= 4 is 33.4 Å². The standard InChI is InChI=1S/C19H22N4O4S/c1-11(2)23-12(3)8-14(21-23)18(25)20-19-22(10-17(24)27-5)15-7-6-13(26-4)9-16(15)28-19/h6-9,11H,10H2,1-5H3. The first-order chi connectivity index (χ1) is 13.3. The van der Waals surface area contributed by atoms with E-state index in [1.165, 1.54) is 18.4 Å². The summed E-state index contributed by atoms with van der Waals surface area (Å²) < 4.78 is 14.3. The van der Waals surface area contributed by atoms with E-state index in [1.807, 2.05) is 32.9 Å². The highest BCUT2D eigenvalue weighted by atomic mass is 32.1. The molecule has 9 heteroatoms. The molecule has 0 aliphatic carbocycles. The van der Waals surface area contributed by atoms with Crippen molar-refractivity contribution in [2.24, 2.45) is 4.99 Å². The summed E-state index contributed by atoms with van der Waals surface area (Å²) >= 11 is 1.30. The molecule has 3 rings (SSSR count). The smallest absolute Gasteiger partial charge is 0.325 e. The Hall–Kier alpha value is -2.94. The van der Waals surface area contributed by atoms with Gasteiger partial charge in [0.1, 0.15) is 12.3 Å². The Morgan fingerprint density at radius 2 is 2.00 bits per heavy atom. The molecule has 2 aromatic heterocycles. The largest absolute Gasteiger partial charge is 0.497 e. The number of hydrogen-bond donors (Lipinski definition) is 0. The number of benzene rings is 1. The highest BCUT2D eigenvalue weighted by Crippen LogP contribution is 2.23. The van der Waals surface area contributed by atoms with Gasteiger partial charge < -0.3 is 14.0 Å². The molecule has 0 atom stereocenters. The Morgan fingerprint density at radius 3 is 2.61 bits per heavy atom. The van der Waals surface area contributed by atoms with Crippen LogP contribution in [0, 0.1) is 6.92 Å². The van der Waals surface area contributed by atoms with E-state index < -0.39 is 11.9 Å². The zero-order valence-corrected chi connectivity index (χ0v) is 17.2. The van der Waals surface area contributed by atoms with Gasteiger partial charge in [0.25, 0.3) is 5.91 Å². The van der Waals surface area contributed by atoms with Gasteiger partial charge in [0.2, 0.25) is 0 Å². The number of esters is 1. The molecule has 1 amide bonds. The van der Waals surface area contributed by atoms with E-state index in [0.29, 0.717) is 10.6 Å². The van der Waals surface area contributed by atoms with Crippen LogP contribution in [0.3, 0.4) is 0 Å². The Bertz CT molecular complexity index is 1110. The highest BCUT2D eigenvalue weighted by Gasteiger charge is 2.16. The van der Waals surface area contributed by atoms with Crippen LogP contribution in [0.5, 0.6) is 5.75 Å². The fraction of sp³-hybridized carbons (Fsp3) is 0.368. The number of hydrogen-bond acceptors (Lipinski definition) is 6. The summed E-state index contributed by atoms with van der Waals surface area (Å²) in [4.78, 5) is 29.2. The van der Waals surface area contributed by atoms with Crippen molar-refractivity contribution < 1.29 is 19.1 Å². The minimum absolute atomic E-state index is 0.0472. The number of amides is 1. The van der Waals surface area contributed by atoms with Gasteiger partial charge in [-0.05, 0) is 45.0 Å². The summed E-state index contributed by atoms with van der Waals surface area (Å²) in [5, 5.41) is 4.35. The number of aromatic nitrogens is 3. The Balaban J connectivity index is 2.11. The number of fused-ring (bicyclic) bond motifs is 1. The van der Waals surface area contributed by atoms with Crippen LogP contribution < -0.4 is 9.54 Å². The first-order valence-electron chi connectivity index (χ1n) is 8.73. The quantitative estimate of drug-likeness (QED) is 0.613. The van der Waals surface area contributed by atoms with Gasteiger partial charge in [-0.1, -0.05) is 11.3 Å². The van der Waals surface area contributed by atoms with Gasteiger partial charge in [-0.25, -0.2) is 0 Å². The summed E-state index contributed by atoms with van der Waals surface area (Å²) in [5.74, 6) is -0.202. The number of thiazole rings is 1. The summed E-state index contributed by atoms with van der Waals surface area (Å²) in [6.45, 7) is 5.84. The van der Waals surface area contributed by atoms with Crippen molar-refractivity contribution in [3.63, 3.8) is 0 Å². The van der Waals surface area contributed by atoms with Crippen LogP contribution in [-0.2, 0) is 16.1 Å². The molecule has 1 aromatic carbocycles. The predicted octanol–water partition coefficient (Wildman–Crippen LogP) is 2.71. The minimum atomic E-state index is -0.459. The van der Waals surface area contributed by atoms with Gasteiger partial charge >= 0.3 is 5.97 Å². The normalized spacial score (nSPS) is 12.0. The average Bonchev–Trinajstić information content (AvgIpc) is 3.22. The molecule has 0 N–H and O–H groups in total. The molecule has 0 saturated carbocycles. The number of carbonyl (C=O) groups excluding carboxylic acids is 2. The van der Waals surface area contributed by atoms with Crippen molar-refractivity contribution in [2.45, 2.75) is 33.4 Å². The van der Waals surface area contributed by atoms with Crippen molar-refractivity contribution in [3.8, 4) is 5.75 Å². The molecule has 0 bridgehead atoms. The zero-order valence-electron chi connectivity index (χ0n) is 16.4. The molecule has 0 radical (unpaired) electrons. The van der Waals surface area contributed by atoms with Gasteiger partial charge in [0.05, 0.1) is 24.4 Å². The summed E-state index contributed by atoms with van der Waals surface area (Å²) in [7, 11) is 2.91. The van der Waals surface area contributed by atoms with E-state index in [4.69, 9.17) is 9.47 Å². The maximum absolute atomic E-state index is 12.7. The highest BCUT2D eigenvalue weighted by molar-refractivity contribution is 7.16. The number of methoxy groups -OCH3 is 2. The third kappa shape index (κ3) is 3.84. The maximum Gasteiger partial charge on any atom is 0.325 e. The van der Waals surface area contributed by atoms with E-state index in [1.54, 1.807) is 28.5 Å². The number of carbonyl (C=O) groups is 2. The fourth-order valence-electron chi connectivity index (χ4n) is 2.87. The number of ether oxygens (including phenoxy) is 2. The second kappa shape index (κ2) is 7.97. The van der Waals surface area contributed by atoms with Gasteiger partial charge in [-0.15, -0.1) is 0 Å². The third-order valence-corrected chi connectivity index (χ3v) is 5.27. The fourth-order valence-corrected chi connectivity index (χ4v) is 3.93. The monoisotopic (exact) mass is 402 g/mol. The lowest BCUT2D eigenvalue weighted by molar-refractivity contribution is -0.141. The van der Waals surface area contributed by atoms with E-state index in [0.717, 1.165) is 15.9 Å². The molecule has 0 unspecified atom stereocenters. The zero-order chi connectivity index (χ0) is 20.4. The molecule has 148 valence electrons. The molecule has 0 aliphatic rings. The molecule has 0 spiro atoms. The molecule has 28 heavy (non-hydrogen) atoms. The van der Waals surface area contributed by atoms with Gasteiger partial charge in [-0.2, -0.15) is 10.1 Å². The lowest BCUT2D eigenvalue weighted by atomic mass is 10.3. The summed E-state index contributed by atoms with van der Waals surface area (Å²) in [5.41, 5.74) is 1.93. The molecule has 0 fully saturated rings. The molecule has 0 saturated heterocycles. The number of rotatable bonds is 5. The van der Waals surface area contributed by atoms with Crippen molar-refractivity contribution in [1.29, 1.82) is 0 Å². The Morgan fingerprint density at radius 1 is 1.25 bits per heavy atom. The molecule has 8 nitrogen and oxygen atoms in total. The van der Waals surface area contributed by atoms with Crippen LogP contribution in [0.25, 0.3) is 10.2 Å². The van der Waals surface area contributed by atoms with Crippen LogP contribution in [0.2, 0.25) is 0 Å². The summed E-state index contributed by atoms with van der Waals surface area (Å²) in [6, 6.07) is 7.32. The summed E-state index contributed by atoms with van der Waals surface area (Å²) in [6.07, 6.45) is 0. The second-order valence-electron chi connectivity index (χ2n) is 6.51. The Labute approximate surface area is 166 Å². The topological polar surface area (TPSA) is 87.7 Å². The van der Waals surface area contributed by atoms with Gasteiger partial charge in [0, 0.05) is 11.7 Å². The minimum Gasteiger partial charge on any atom is -0.497 e. The molecular formula is C19H22N4O4S. The van der Waals surface area contributed by atoms with Crippen LogP contribution in [-0.4, -0.2) is 40.4 Å². The molecule has 2 heterocycles. The lowest BCUT2D eigenvalue weighted by Gasteiger charge is -2.06. The SMILES string of the molecule is COC(=O)Cn1c(=NC(=O)c2cc(C)n(C(C)C)n2)sc2cc(OC)ccc21. The average molecular weight is 402 g/mol. The van der Waals surface area contributed by atoms with E-state index in [-0.39, 0.29) is 18.3 Å². The number of nitrogens with zero attached hydrogens (tertiary/aromatic N) is 4. The van der Waals surface area contributed by atoms with Crippen molar-refractivity contribution in [3.05, 3.63) is 40.5 Å². The predicted molar refractivity (Wildman–Crippen MR) is 106 cm³/mol. The van der Waals surface area contributed by atoms with Crippen LogP contribution in [0.4, 0.5) is 0 Å². The third-order valence-electron chi connectivity index (χ3n) is 4.23. The van der Waals surface area contributed by atoms with Crippen LogP contribution in [0.15, 0.2) is 29.3 Å². The lowest BCUT2D eigenvalue weighted by Crippen LogP contribution is -2.22. The molecule has 0 aliphatic heterocycles. The van der Waals surface area contributed by atoms with Gasteiger partial charge in [-0.3, -0.25) is 14.3 Å². The van der Waals surface area contributed by atoms with Gasteiger partial charge in [0.15, 0.2) is 10.5 Å². The second-order valence-corrected chi connectivity index (χ2v) is 7.52. The van der Waals surface area contributed by atoms with Crippen LogP contribution in [0.1, 0.15) is 36.1 Å². The van der Waals surface area contributed by atoms with E-state index in [9.17, 15) is 9.59 Å². The first kappa shape index (κ1) is 19.8. The van der Waals surface area contributed by atoms with E-state index in [2.05, 4.69) is 10.1 Å². The Kier molecular flexibility index (Phi) is 5.64. The van der Waals surface area contributed by atoms with E-state index >= 15 is 0 Å². The molecule has 3 aromatic rings. The molecular weight excluding hydrogens is 380 g/mol.